The van der Waals surface area contributed by atoms with Gasteiger partial charge in [0, 0.05) is 24.7 Å². The molecule has 5 heteroatoms. The lowest BCUT2D eigenvalue weighted by atomic mass is 10.1. The van der Waals surface area contributed by atoms with Gasteiger partial charge in [-0.15, -0.1) is 0 Å². The van der Waals surface area contributed by atoms with Crippen molar-refractivity contribution in [2.45, 2.75) is 19.4 Å². The summed E-state index contributed by atoms with van der Waals surface area (Å²) in [6, 6.07) is 20.1. The average molecular weight is 367 g/mol. The Labute approximate surface area is 165 Å². The van der Waals surface area contributed by atoms with Gasteiger partial charge in [-0.25, -0.2) is 0 Å². The van der Waals surface area contributed by atoms with E-state index in [2.05, 4.69) is 5.32 Å². The molecule has 3 N–H and O–H groups in total. The summed E-state index contributed by atoms with van der Waals surface area (Å²) in [5.41, 5.74) is 5.07. The van der Waals surface area contributed by atoms with Gasteiger partial charge in [0.2, 0.25) is 0 Å². The molecule has 0 bridgehead atoms. The molecule has 0 heterocycles. The van der Waals surface area contributed by atoms with Crippen LogP contribution in [0.5, 0.6) is 0 Å². The Bertz CT molecular complexity index is 871. The van der Waals surface area contributed by atoms with E-state index in [9.17, 15) is 0 Å². The van der Waals surface area contributed by atoms with E-state index in [0.29, 0.717) is 30.5 Å². The molecule has 0 radical (unpaired) electrons. The van der Waals surface area contributed by atoms with Gasteiger partial charge >= 0.3 is 0 Å². The van der Waals surface area contributed by atoms with E-state index < -0.39 is 0 Å². The largest absolute Gasteiger partial charge is 0.381 e. The van der Waals surface area contributed by atoms with Crippen molar-refractivity contribution in [3.63, 3.8) is 0 Å². The molecule has 2 aromatic carbocycles. The van der Waals surface area contributed by atoms with Crippen molar-refractivity contribution < 1.29 is 0 Å². The first-order valence-corrected chi connectivity index (χ1v) is 8.80. The van der Waals surface area contributed by atoms with E-state index in [1.54, 1.807) is 12.2 Å². The van der Waals surface area contributed by atoms with Crippen molar-refractivity contribution in [3.05, 3.63) is 88.5 Å². The molecule has 0 aliphatic heterocycles. The number of hydrogen-bond donors (Lipinski definition) is 3. The van der Waals surface area contributed by atoms with Crippen LogP contribution in [-0.2, 0) is 19.4 Å². The van der Waals surface area contributed by atoms with Crippen molar-refractivity contribution >= 4 is 18.1 Å². The van der Waals surface area contributed by atoms with Crippen LogP contribution in [-0.4, -0.2) is 12.4 Å². The number of nitrogens with zero attached hydrogens (tertiary/aromatic N) is 2. The molecule has 0 atom stereocenters. The Kier molecular flexibility index (Phi) is 7.92. The Hall–Kier alpha value is -3.96. The van der Waals surface area contributed by atoms with Gasteiger partial charge in [-0.2, -0.15) is 10.5 Å². The molecule has 2 rings (SSSR count). The first-order valence-electron chi connectivity index (χ1n) is 8.80. The number of nitriles is 2. The topological polar surface area (TPSA) is 107 Å². The highest BCUT2D eigenvalue weighted by Crippen LogP contribution is 2.13. The minimum absolute atomic E-state index is 0.364. The SMILES string of the molecule is N#C/C(C=N)=C/Cc1ccc(CNc2ccc(C/C=C(/C#N)C=N)cc2)cc1. The molecule has 0 saturated carbocycles. The summed E-state index contributed by atoms with van der Waals surface area (Å²) in [5.74, 6) is 0. The minimum atomic E-state index is 0.364. The second kappa shape index (κ2) is 10.9. The van der Waals surface area contributed by atoms with Crippen molar-refractivity contribution in [1.29, 1.82) is 21.3 Å². The van der Waals surface area contributed by atoms with Gasteiger partial charge in [-0.3, -0.25) is 0 Å². The highest BCUT2D eigenvalue weighted by atomic mass is 14.9. The van der Waals surface area contributed by atoms with Crippen LogP contribution in [0.1, 0.15) is 16.7 Å². The number of allylic oxidation sites excluding steroid dienone is 4. The van der Waals surface area contributed by atoms with E-state index in [-0.39, 0.29) is 0 Å². The van der Waals surface area contributed by atoms with Crippen molar-refractivity contribution in [1.82, 2.24) is 0 Å². The molecule has 0 unspecified atom stereocenters. The maximum Gasteiger partial charge on any atom is 0.100 e. The quantitative estimate of drug-likeness (QED) is 0.446. The number of nitrogens with one attached hydrogen (secondary N) is 3. The zero-order valence-electron chi connectivity index (χ0n) is 15.4. The van der Waals surface area contributed by atoms with Crippen LogP contribution < -0.4 is 5.32 Å². The second-order valence-corrected chi connectivity index (χ2v) is 6.11. The number of benzene rings is 2. The van der Waals surface area contributed by atoms with E-state index in [1.807, 2.05) is 60.7 Å². The fourth-order valence-corrected chi connectivity index (χ4v) is 2.49. The van der Waals surface area contributed by atoms with Gasteiger partial charge in [0.05, 0.1) is 11.1 Å². The van der Waals surface area contributed by atoms with Crippen LogP contribution in [0.15, 0.2) is 71.8 Å². The number of rotatable bonds is 9. The van der Waals surface area contributed by atoms with E-state index in [4.69, 9.17) is 21.3 Å². The van der Waals surface area contributed by atoms with Gasteiger partial charge in [-0.1, -0.05) is 48.6 Å². The minimum Gasteiger partial charge on any atom is -0.381 e. The van der Waals surface area contributed by atoms with Crippen molar-refractivity contribution in [2.24, 2.45) is 0 Å². The molecule has 0 aliphatic rings. The van der Waals surface area contributed by atoms with E-state index in [1.165, 1.54) is 0 Å². The molecule has 2 aromatic rings. The first-order chi connectivity index (χ1) is 13.7. The summed E-state index contributed by atoms with van der Waals surface area (Å²) in [6.07, 6.45) is 6.88. The lowest BCUT2D eigenvalue weighted by Crippen LogP contribution is -1.99. The van der Waals surface area contributed by atoms with Crippen LogP contribution in [0.25, 0.3) is 0 Å². The molecule has 138 valence electrons. The fraction of sp³-hybridized carbons (Fsp3) is 0.130. The van der Waals surface area contributed by atoms with Gasteiger partial charge in [0.15, 0.2) is 0 Å². The standard InChI is InChI=1S/C23H21N5/c24-13-21(14-25)7-3-18-1-5-20(6-2-18)17-28-23-11-9-19(10-12-23)4-8-22(15-26)16-27/h1-2,5-13,15,24,26,28H,3-4,17H2/b21-7+,22-8+,24-13?,26-15?. The Balaban J connectivity index is 1.88. The zero-order chi connectivity index (χ0) is 20.2. The Morgan fingerprint density at radius 2 is 1.18 bits per heavy atom. The third-order valence-electron chi connectivity index (χ3n) is 4.16. The molecule has 0 fully saturated rings. The molecule has 28 heavy (non-hydrogen) atoms. The summed E-state index contributed by atoms with van der Waals surface area (Å²) in [4.78, 5) is 0. The summed E-state index contributed by atoms with van der Waals surface area (Å²) >= 11 is 0. The highest BCUT2D eigenvalue weighted by Gasteiger charge is 1.98. The molecular weight excluding hydrogens is 346 g/mol. The van der Waals surface area contributed by atoms with Gasteiger partial charge < -0.3 is 16.1 Å². The molecule has 5 nitrogen and oxygen atoms in total. The predicted molar refractivity (Wildman–Crippen MR) is 113 cm³/mol. The highest BCUT2D eigenvalue weighted by molar-refractivity contribution is 5.81. The lowest BCUT2D eigenvalue weighted by molar-refractivity contribution is 1.13. The van der Waals surface area contributed by atoms with Gasteiger partial charge in [0.1, 0.15) is 12.1 Å². The third kappa shape index (κ3) is 6.40. The number of hydrogen-bond acceptors (Lipinski definition) is 5. The molecule has 0 aliphatic carbocycles. The lowest BCUT2D eigenvalue weighted by Gasteiger charge is -2.08. The maximum atomic E-state index is 8.82. The Morgan fingerprint density at radius 3 is 1.61 bits per heavy atom. The normalized spacial score (nSPS) is 11.2. The van der Waals surface area contributed by atoms with Crippen LogP contribution in [0.4, 0.5) is 5.69 Å². The Morgan fingerprint density at radius 1 is 0.750 bits per heavy atom. The average Bonchev–Trinajstić information content (AvgIpc) is 2.75. The molecule has 0 amide bonds. The first kappa shape index (κ1) is 20.4. The zero-order valence-corrected chi connectivity index (χ0v) is 15.4. The maximum absolute atomic E-state index is 8.82. The fourth-order valence-electron chi connectivity index (χ4n) is 2.49. The summed E-state index contributed by atoms with van der Waals surface area (Å²) in [6.45, 7) is 0.700. The summed E-state index contributed by atoms with van der Waals surface area (Å²) in [5, 5.41) is 35.2. The third-order valence-corrected chi connectivity index (χ3v) is 4.16. The summed E-state index contributed by atoms with van der Waals surface area (Å²) < 4.78 is 0. The van der Waals surface area contributed by atoms with Crippen LogP contribution in [0.3, 0.4) is 0 Å². The van der Waals surface area contributed by atoms with E-state index >= 15 is 0 Å². The predicted octanol–water partition coefficient (Wildman–Crippen LogP) is 4.58. The van der Waals surface area contributed by atoms with Gasteiger partial charge in [0.25, 0.3) is 0 Å². The van der Waals surface area contributed by atoms with E-state index in [0.717, 1.165) is 34.8 Å². The van der Waals surface area contributed by atoms with Crippen molar-refractivity contribution in [3.8, 4) is 12.1 Å². The number of anilines is 1. The monoisotopic (exact) mass is 367 g/mol. The molecule has 0 aromatic heterocycles. The molecular formula is C23H21N5. The van der Waals surface area contributed by atoms with Crippen LogP contribution >= 0.6 is 0 Å². The van der Waals surface area contributed by atoms with Gasteiger partial charge in [-0.05, 0) is 41.7 Å². The second-order valence-electron chi connectivity index (χ2n) is 6.11. The smallest absolute Gasteiger partial charge is 0.100 e. The van der Waals surface area contributed by atoms with Crippen LogP contribution in [0.2, 0.25) is 0 Å². The van der Waals surface area contributed by atoms with Crippen molar-refractivity contribution in [2.75, 3.05) is 5.32 Å². The van der Waals surface area contributed by atoms with Crippen LogP contribution in [0, 0.1) is 33.5 Å². The molecule has 0 saturated heterocycles. The summed E-state index contributed by atoms with van der Waals surface area (Å²) in [7, 11) is 0. The molecule has 0 spiro atoms.